The average molecular weight is 448 g/mol. The second-order valence-electron chi connectivity index (χ2n) is 7.15. The van der Waals surface area contributed by atoms with Gasteiger partial charge in [-0.05, 0) is 55.3 Å². The minimum absolute atomic E-state index is 0.0536. The normalized spacial score (nSPS) is 17.0. The summed E-state index contributed by atoms with van der Waals surface area (Å²) in [6.45, 7) is 0.386. The number of carbonyl (C=O) groups excluding carboxylic acids is 2. The maximum atomic E-state index is 13.0. The highest BCUT2D eigenvalue weighted by Crippen LogP contribution is 2.29. The van der Waals surface area contributed by atoms with E-state index in [1.54, 1.807) is 12.1 Å². The van der Waals surface area contributed by atoms with E-state index in [0.29, 0.717) is 36.6 Å². The number of primary amides is 1. The van der Waals surface area contributed by atoms with Crippen LogP contribution in [0.3, 0.4) is 0 Å². The van der Waals surface area contributed by atoms with Crippen molar-refractivity contribution in [2.75, 3.05) is 32.6 Å². The molecule has 0 aliphatic carbocycles. The maximum Gasteiger partial charge on any atom is 0.248 e. The molecule has 3 N–H and O–H groups in total. The smallest absolute Gasteiger partial charge is 0.248 e. The number of hydrogen-bond acceptors (Lipinski definition) is 6. The molecule has 31 heavy (non-hydrogen) atoms. The molecule has 1 saturated heterocycles. The Bertz CT molecular complexity index is 1070. The molecule has 2 amide bonds. The zero-order chi connectivity index (χ0) is 22.6. The predicted molar refractivity (Wildman–Crippen MR) is 115 cm³/mol. The van der Waals surface area contributed by atoms with Gasteiger partial charge in [-0.3, -0.25) is 9.59 Å². The van der Waals surface area contributed by atoms with E-state index in [1.165, 1.54) is 48.9 Å². The molecular weight excluding hydrogens is 422 g/mol. The van der Waals surface area contributed by atoms with Crippen LogP contribution in [0.4, 0.5) is 5.69 Å². The quantitative estimate of drug-likeness (QED) is 0.667. The van der Waals surface area contributed by atoms with Gasteiger partial charge in [0.1, 0.15) is 11.5 Å². The third-order valence-corrected chi connectivity index (χ3v) is 7.07. The molecule has 0 radical (unpaired) electrons. The average Bonchev–Trinajstić information content (AvgIpc) is 2.79. The molecule has 1 atom stereocenters. The molecule has 2 aromatic rings. The van der Waals surface area contributed by atoms with E-state index in [2.05, 4.69) is 5.32 Å². The standard InChI is InChI=1S/C21H25N3O6S/c1-29-16-6-8-17(9-7-16)31(27,28)24-11-3-4-15(13-24)21(26)23-18-12-14(20(22)25)5-10-19(18)30-2/h5-10,12,15H,3-4,11,13H2,1-2H3,(H2,22,25)(H,23,26). The molecule has 166 valence electrons. The van der Waals surface area contributed by atoms with Crippen LogP contribution in [0.2, 0.25) is 0 Å². The molecular formula is C21H25N3O6S. The molecule has 2 aromatic carbocycles. The third kappa shape index (κ3) is 4.97. The maximum absolute atomic E-state index is 13.0. The summed E-state index contributed by atoms with van der Waals surface area (Å²) in [5.41, 5.74) is 5.84. The molecule has 0 bridgehead atoms. The van der Waals surface area contributed by atoms with Crippen molar-refractivity contribution in [3.8, 4) is 11.5 Å². The Morgan fingerprint density at radius 1 is 1.10 bits per heavy atom. The molecule has 1 fully saturated rings. The second-order valence-corrected chi connectivity index (χ2v) is 9.08. The number of piperidine rings is 1. The van der Waals surface area contributed by atoms with Gasteiger partial charge in [-0.2, -0.15) is 4.31 Å². The SMILES string of the molecule is COc1ccc(S(=O)(=O)N2CCCC(C(=O)Nc3cc(C(N)=O)ccc3OC)C2)cc1. The van der Waals surface area contributed by atoms with Crippen molar-refractivity contribution in [2.24, 2.45) is 11.7 Å². The first kappa shape index (κ1) is 22.6. The first-order valence-electron chi connectivity index (χ1n) is 9.69. The van der Waals surface area contributed by atoms with Crippen molar-refractivity contribution in [3.63, 3.8) is 0 Å². The number of rotatable bonds is 7. The van der Waals surface area contributed by atoms with Gasteiger partial charge in [-0.1, -0.05) is 0 Å². The minimum atomic E-state index is -3.75. The van der Waals surface area contributed by atoms with Crippen molar-refractivity contribution in [1.82, 2.24) is 4.31 Å². The summed E-state index contributed by atoms with van der Waals surface area (Å²) >= 11 is 0. The number of carbonyl (C=O) groups is 2. The Hall–Kier alpha value is -3.11. The lowest BCUT2D eigenvalue weighted by atomic mass is 9.98. The molecule has 1 aliphatic rings. The summed E-state index contributed by atoms with van der Waals surface area (Å²) in [5, 5.41) is 2.74. The highest BCUT2D eigenvalue weighted by Gasteiger charge is 2.33. The summed E-state index contributed by atoms with van der Waals surface area (Å²) in [4.78, 5) is 24.5. The fraction of sp³-hybridized carbons (Fsp3) is 0.333. The van der Waals surface area contributed by atoms with Gasteiger partial charge in [0.05, 0.1) is 30.7 Å². The topological polar surface area (TPSA) is 128 Å². The Balaban J connectivity index is 1.76. The van der Waals surface area contributed by atoms with Crippen molar-refractivity contribution in [3.05, 3.63) is 48.0 Å². The van der Waals surface area contributed by atoms with Gasteiger partial charge >= 0.3 is 0 Å². The first-order chi connectivity index (χ1) is 14.8. The summed E-state index contributed by atoms with van der Waals surface area (Å²) in [5.74, 6) is -0.607. The van der Waals surface area contributed by atoms with Gasteiger partial charge < -0.3 is 20.5 Å². The summed E-state index contributed by atoms with van der Waals surface area (Å²) in [6, 6.07) is 10.6. The van der Waals surface area contributed by atoms with Gasteiger partial charge in [0.25, 0.3) is 0 Å². The molecule has 3 rings (SSSR count). The number of anilines is 1. The van der Waals surface area contributed by atoms with E-state index in [-0.39, 0.29) is 22.9 Å². The molecule has 10 heteroatoms. The van der Waals surface area contributed by atoms with Crippen molar-refractivity contribution < 1.29 is 27.5 Å². The van der Waals surface area contributed by atoms with Crippen LogP contribution in [-0.4, -0.2) is 51.8 Å². The number of hydrogen-bond donors (Lipinski definition) is 2. The molecule has 0 aromatic heterocycles. The Morgan fingerprint density at radius 3 is 2.42 bits per heavy atom. The number of benzene rings is 2. The molecule has 0 saturated carbocycles. The highest BCUT2D eigenvalue weighted by atomic mass is 32.2. The Morgan fingerprint density at radius 2 is 1.81 bits per heavy atom. The van der Waals surface area contributed by atoms with E-state index in [1.807, 2.05) is 0 Å². The van der Waals surface area contributed by atoms with Crippen LogP contribution in [0.25, 0.3) is 0 Å². The van der Waals surface area contributed by atoms with E-state index in [4.69, 9.17) is 15.2 Å². The third-order valence-electron chi connectivity index (χ3n) is 5.19. The lowest BCUT2D eigenvalue weighted by molar-refractivity contribution is -0.120. The summed E-state index contributed by atoms with van der Waals surface area (Å²) in [7, 11) is -0.797. The molecule has 0 spiro atoms. The number of methoxy groups -OCH3 is 2. The molecule has 1 heterocycles. The van der Waals surface area contributed by atoms with Crippen molar-refractivity contribution in [1.29, 1.82) is 0 Å². The number of nitrogens with zero attached hydrogens (tertiary/aromatic N) is 1. The number of nitrogens with one attached hydrogen (secondary N) is 1. The monoisotopic (exact) mass is 447 g/mol. The Kier molecular flexibility index (Phi) is 6.81. The van der Waals surface area contributed by atoms with Crippen LogP contribution >= 0.6 is 0 Å². The van der Waals surface area contributed by atoms with Crippen molar-refractivity contribution >= 4 is 27.5 Å². The Labute approximate surface area is 181 Å². The molecule has 1 aliphatic heterocycles. The largest absolute Gasteiger partial charge is 0.497 e. The van der Waals surface area contributed by atoms with Gasteiger partial charge in [0.15, 0.2) is 0 Å². The van der Waals surface area contributed by atoms with Crippen LogP contribution in [-0.2, 0) is 14.8 Å². The van der Waals surface area contributed by atoms with Crippen molar-refractivity contribution in [2.45, 2.75) is 17.7 Å². The lowest BCUT2D eigenvalue weighted by Gasteiger charge is -2.31. The van der Waals surface area contributed by atoms with E-state index in [0.717, 1.165) is 0 Å². The highest BCUT2D eigenvalue weighted by molar-refractivity contribution is 7.89. The van der Waals surface area contributed by atoms with Gasteiger partial charge in [0.2, 0.25) is 21.8 Å². The number of ether oxygens (including phenoxy) is 2. The summed E-state index contributed by atoms with van der Waals surface area (Å²) in [6.07, 6.45) is 1.09. The van der Waals surface area contributed by atoms with Gasteiger partial charge in [-0.15, -0.1) is 0 Å². The predicted octanol–water partition coefficient (Wildman–Crippen LogP) is 1.84. The van der Waals surface area contributed by atoms with Crippen LogP contribution in [0, 0.1) is 5.92 Å². The van der Waals surface area contributed by atoms with Gasteiger partial charge in [0, 0.05) is 18.7 Å². The fourth-order valence-corrected chi connectivity index (χ4v) is 4.99. The van der Waals surface area contributed by atoms with Gasteiger partial charge in [-0.25, -0.2) is 8.42 Å². The fourth-order valence-electron chi connectivity index (χ4n) is 3.47. The van der Waals surface area contributed by atoms with Crippen LogP contribution in [0.5, 0.6) is 11.5 Å². The van der Waals surface area contributed by atoms with E-state index in [9.17, 15) is 18.0 Å². The number of amides is 2. The van der Waals surface area contributed by atoms with E-state index >= 15 is 0 Å². The number of sulfonamides is 1. The first-order valence-corrected chi connectivity index (χ1v) is 11.1. The van der Waals surface area contributed by atoms with Crippen LogP contribution in [0.15, 0.2) is 47.4 Å². The molecule has 9 nitrogen and oxygen atoms in total. The molecule has 1 unspecified atom stereocenters. The summed E-state index contributed by atoms with van der Waals surface area (Å²) < 4.78 is 37.7. The minimum Gasteiger partial charge on any atom is -0.497 e. The van der Waals surface area contributed by atoms with Crippen LogP contribution < -0.4 is 20.5 Å². The lowest BCUT2D eigenvalue weighted by Crippen LogP contribution is -2.43. The zero-order valence-electron chi connectivity index (χ0n) is 17.3. The number of nitrogens with two attached hydrogens (primary N) is 1. The second kappa shape index (κ2) is 9.36. The zero-order valence-corrected chi connectivity index (χ0v) is 18.1. The van der Waals surface area contributed by atoms with E-state index < -0.39 is 21.8 Å². The van der Waals surface area contributed by atoms with Crippen LogP contribution in [0.1, 0.15) is 23.2 Å².